The summed E-state index contributed by atoms with van der Waals surface area (Å²) in [6.07, 6.45) is 0. The van der Waals surface area contributed by atoms with Gasteiger partial charge in [-0.1, -0.05) is 6.07 Å². The van der Waals surface area contributed by atoms with Crippen molar-refractivity contribution in [3.8, 4) is 11.5 Å². The fraction of sp³-hybridized carbons (Fsp3) is 0.375. The number of hydrogen-bond acceptors (Lipinski definition) is 4. The predicted octanol–water partition coefficient (Wildman–Crippen LogP) is 3.68. The van der Waals surface area contributed by atoms with Gasteiger partial charge in [0.1, 0.15) is 13.2 Å². The van der Waals surface area contributed by atoms with Crippen molar-refractivity contribution in [2.75, 3.05) is 13.2 Å². The molecule has 0 bridgehead atoms. The number of thiophene rings is 1. The average molecular weight is 289 g/mol. The van der Waals surface area contributed by atoms with Crippen LogP contribution < -0.4 is 14.8 Å². The van der Waals surface area contributed by atoms with Crippen LogP contribution in [0.1, 0.15) is 28.3 Å². The second-order valence-corrected chi connectivity index (χ2v) is 6.35. The summed E-state index contributed by atoms with van der Waals surface area (Å²) in [6.45, 7) is 6.44. The van der Waals surface area contributed by atoms with Gasteiger partial charge in [0.15, 0.2) is 11.5 Å². The Hall–Kier alpha value is -1.52. The molecule has 106 valence electrons. The molecule has 1 aromatic heterocycles. The number of fused-ring (bicyclic) bond motifs is 1. The van der Waals surface area contributed by atoms with Crippen molar-refractivity contribution in [2.24, 2.45) is 0 Å². The van der Waals surface area contributed by atoms with Crippen molar-refractivity contribution in [1.29, 1.82) is 0 Å². The van der Waals surface area contributed by atoms with Gasteiger partial charge < -0.3 is 14.8 Å². The Morgan fingerprint density at radius 1 is 1.15 bits per heavy atom. The van der Waals surface area contributed by atoms with Gasteiger partial charge in [-0.25, -0.2) is 0 Å². The summed E-state index contributed by atoms with van der Waals surface area (Å²) in [6, 6.07) is 10.9. The van der Waals surface area contributed by atoms with Crippen molar-refractivity contribution < 1.29 is 9.47 Å². The molecule has 2 heterocycles. The minimum Gasteiger partial charge on any atom is -0.486 e. The molecule has 2 aromatic rings. The molecule has 3 rings (SSSR count). The smallest absolute Gasteiger partial charge is 0.161 e. The lowest BCUT2D eigenvalue weighted by molar-refractivity contribution is 0.171. The van der Waals surface area contributed by atoms with Gasteiger partial charge in [0.05, 0.1) is 0 Å². The monoisotopic (exact) mass is 289 g/mol. The maximum Gasteiger partial charge on any atom is 0.161 e. The van der Waals surface area contributed by atoms with Crippen LogP contribution in [0.5, 0.6) is 11.5 Å². The van der Waals surface area contributed by atoms with E-state index in [-0.39, 0.29) is 0 Å². The number of ether oxygens (including phenoxy) is 2. The third kappa shape index (κ3) is 2.97. The fourth-order valence-corrected chi connectivity index (χ4v) is 3.16. The number of nitrogens with one attached hydrogen (secondary N) is 1. The molecule has 1 aliphatic rings. The Bertz CT molecular complexity index is 594. The SMILES string of the molecule is Cc1ccc(C(C)NCc2ccc3c(c2)OCCO3)s1. The van der Waals surface area contributed by atoms with E-state index in [1.54, 1.807) is 0 Å². The van der Waals surface area contributed by atoms with Crippen molar-refractivity contribution in [1.82, 2.24) is 5.32 Å². The highest BCUT2D eigenvalue weighted by Gasteiger charge is 2.12. The second-order valence-electron chi connectivity index (χ2n) is 5.03. The highest BCUT2D eigenvalue weighted by Crippen LogP contribution is 2.31. The molecule has 0 saturated carbocycles. The fourth-order valence-electron chi connectivity index (χ4n) is 2.26. The van der Waals surface area contributed by atoms with Crippen LogP contribution in [0.25, 0.3) is 0 Å². The zero-order valence-corrected chi connectivity index (χ0v) is 12.6. The van der Waals surface area contributed by atoms with Gasteiger partial charge in [-0.15, -0.1) is 11.3 Å². The molecule has 3 nitrogen and oxygen atoms in total. The number of hydrogen-bond donors (Lipinski definition) is 1. The standard InChI is InChI=1S/C16H19NO2S/c1-11-3-6-16(20-11)12(2)17-10-13-4-5-14-15(9-13)19-8-7-18-14/h3-6,9,12,17H,7-8,10H2,1-2H3. The zero-order chi connectivity index (χ0) is 13.9. The second kappa shape index (κ2) is 5.85. The van der Waals surface area contributed by atoms with E-state index in [1.807, 2.05) is 17.4 Å². The van der Waals surface area contributed by atoms with Crippen LogP contribution in [-0.2, 0) is 6.54 Å². The summed E-state index contributed by atoms with van der Waals surface area (Å²) in [7, 11) is 0. The van der Waals surface area contributed by atoms with Gasteiger partial charge >= 0.3 is 0 Å². The average Bonchev–Trinajstić information content (AvgIpc) is 2.91. The van der Waals surface area contributed by atoms with Crippen LogP contribution >= 0.6 is 11.3 Å². The lowest BCUT2D eigenvalue weighted by atomic mass is 10.1. The number of rotatable bonds is 4. The van der Waals surface area contributed by atoms with Gasteiger partial charge in [0.25, 0.3) is 0 Å². The zero-order valence-electron chi connectivity index (χ0n) is 11.8. The molecular formula is C16H19NO2S. The van der Waals surface area contributed by atoms with Crippen LogP contribution in [0, 0.1) is 6.92 Å². The van der Waals surface area contributed by atoms with Crippen LogP contribution in [-0.4, -0.2) is 13.2 Å². The first-order chi connectivity index (χ1) is 9.72. The van der Waals surface area contributed by atoms with Crippen molar-refractivity contribution in [2.45, 2.75) is 26.4 Å². The van der Waals surface area contributed by atoms with E-state index in [2.05, 4.69) is 43.4 Å². The summed E-state index contributed by atoms with van der Waals surface area (Å²) >= 11 is 1.85. The molecule has 1 N–H and O–H groups in total. The lowest BCUT2D eigenvalue weighted by Crippen LogP contribution is -2.18. The minimum absolute atomic E-state index is 0.363. The maximum absolute atomic E-state index is 5.61. The Morgan fingerprint density at radius 3 is 2.70 bits per heavy atom. The molecule has 20 heavy (non-hydrogen) atoms. The summed E-state index contributed by atoms with van der Waals surface area (Å²) in [5.74, 6) is 1.71. The summed E-state index contributed by atoms with van der Waals surface area (Å²) in [5.41, 5.74) is 1.22. The Kier molecular flexibility index (Phi) is 3.94. The van der Waals surface area contributed by atoms with Gasteiger partial charge in [-0.3, -0.25) is 0 Å². The molecule has 1 atom stereocenters. The van der Waals surface area contributed by atoms with E-state index >= 15 is 0 Å². The molecule has 4 heteroatoms. The largest absolute Gasteiger partial charge is 0.486 e. The Balaban J connectivity index is 1.63. The van der Waals surface area contributed by atoms with Crippen LogP contribution in [0.4, 0.5) is 0 Å². The van der Waals surface area contributed by atoms with Crippen molar-refractivity contribution >= 4 is 11.3 Å². The molecular weight excluding hydrogens is 270 g/mol. The molecule has 1 aliphatic heterocycles. The number of benzene rings is 1. The van der Waals surface area contributed by atoms with Crippen LogP contribution in [0.2, 0.25) is 0 Å². The van der Waals surface area contributed by atoms with E-state index < -0.39 is 0 Å². The molecule has 1 aromatic carbocycles. The lowest BCUT2D eigenvalue weighted by Gasteiger charge is -2.19. The third-order valence-corrected chi connectivity index (χ3v) is 4.59. The molecule has 1 unspecified atom stereocenters. The summed E-state index contributed by atoms with van der Waals surface area (Å²) in [5, 5.41) is 3.55. The highest BCUT2D eigenvalue weighted by molar-refractivity contribution is 7.12. The van der Waals surface area contributed by atoms with Crippen LogP contribution in [0.3, 0.4) is 0 Å². The van der Waals surface area contributed by atoms with E-state index in [4.69, 9.17) is 9.47 Å². The van der Waals surface area contributed by atoms with E-state index in [1.165, 1.54) is 15.3 Å². The maximum atomic E-state index is 5.61. The van der Waals surface area contributed by atoms with E-state index in [0.29, 0.717) is 19.3 Å². The first-order valence-electron chi connectivity index (χ1n) is 6.90. The van der Waals surface area contributed by atoms with Crippen LogP contribution in [0.15, 0.2) is 30.3 Å². The molecule has 0 amide bonds. The molecule has 0 aliphatic carbocycles. The number of aryl methyl sites for hydroxylation is 1. The van der Waals surface area contributed by atoms with Gasteiger partial charge in [-0.2, -0.15) is 0 Å². The Morgan fingerprint density at radius 2 is 1.95 bits per heavy atom. The van der Waals surface area contributed by atoms with Crippen molar-refractivity contribution in [3.05, 3.63) is 45.6 Å². The van der Waals surface area contributed by atoms with E-state index in [0.717, 1.165) is 18.0 Å². The Labute approximate surface area is 123 Å². The van der Waals surface area contributed by atoms with E-state index in [9.17, 15) is 0 Å². The molecule has 0 spiro atoms. The molecule has 0 radical (unpaired) electrons. The topological polar surface area (TPSA) is 30.5 Å². The third-order valence-electron chi connectivity index (χ3n) is 3.41. The minimum atomic E-state index is 0.363. The van der Waals surface area contributed by atoms with Gasteiger partial charge in [0, 0.05) is 22.3 Å². The first kappa shape index (κ1) is 13.5. The van der Waals surface area contributed by atoms with Gasteiger partial charge in [0.2, 0.25) is 0 Å². The summed E-state index contributed by atoms with van der Waals surface area (Å²) in [4.78, 5) is 2.73. The summed E-state index contributed by atoms with van der Waals surface area (Å²) < 4.78 is 11.1. The molecule has 0 fully saturated rings. The predicted molar refractivity (Wildman–Crippen MR) is 81.7 cm³/mol. The molecule has 0 saturated heterocycles. The first-order valence-corrected chi connectivity index (χ1v) is 7.72. The van der Waals surface area contributed by atoms with Gasteiger partial charge in [-0.05, 0) is 43.7 Å². The normalized spacial score (nSPS) is 15.1. The van der Waals surface area contributed by atoms with Crippen molar-refractivity contribution in [3.63, 3.8) is 0 Å². The quantitative estimate of drug-likeness (QED) is 0.931. The highest BCUT2D eigenvalue weighted by atomic mass is 32.1.